The van der Waals surface area contributed by atoms with Gasteiger partial charge in [-0.25, -0.2) is 0 Å². The highest BCUT2D eigenvalue weighted by atomic mass is 16.5. The van der Waals surface area contributed by atoms with Gasteiger partial charge in [-0.1, -0.05) is 36.4 Å². The summed E-state index contributed by atoms with van der Waals surface area (Å²) in [6.07, 6.45) is 0.835. The Morgan fingerprint density at radius 3 is 2.30 bits per heavy atom. The molecular formula is C17H21NO2. The molecule has 0 aromatic heterocycles. The van der Waals surface area contributed by atoms with Crippen molar-refractivity contribution in [2.24, 2.45) is 5.73 Å². The predicted molar refractivity (Wildman–Crippen MR) is 81.1 cm³/mol. The van der Waals surface area contributed by atoms with Crippen LogP contribution in [0.1, 0.15) is 24.9 Å². The molecule has 106 valence electrons. The van der Waals surface area contributed by atoms with Crippen molar-refractivity contribution >= 4 is 0 Å². The summed E-state index contributed by atoms with van der Waals surface area (Å²) in [5.41, 5.74) is 6.95. The summed E-state index contributed by atoms with van der Waals surface area (Å²) in [7, 11) is 0. The average molecular weight is 271 g/mol. The Kier molecular flexibility index (Phi) is 5.44. The quantitative estimate of drug-likeness (QED) is 0.783. The van der Waals surface area contributed by atoms with Gasteiger partial charge in [0.15, 0.2) is 0 Å². The van der Waals surface area contributed by atoms with Crippen LogP contribution in [0.15, 0.2) is 54.6 Å². The Morgan fingerprint density at radius 2 is 1.55 bits per heavy atom. The maximum Gasteiger partial charge on any atom is 0.124 e. The molecule has 0 fully saturated rings. The summed E-state index contributed by atoms with van der Waals surface area (Å²) < 4.78 is 11.4. The first-order valence-electron chi connectivity index (χ1n) is 6.92. The van der Waals surface area contributed by atoms with Gasteiger partial charge in [0.1, 0.15) is 11.5 Å². The van der Waals surface area contributed by atoms with E-state index in [1.807, 2.05) is 61.5 Å². The first-order valence-corrected chi connectivity index (χ1v) is 6.92. The Labute approximate surface area is 120 Å². The zero-order valence-electron chi connectivity index (χ0n) is 11.8. The lowest BCUT2D eigenvalue weighted by Gasteiger charge is -2.13. The minimum absolute atomic E-state index is 0.0215. The fourth-order valence-corrected chi connectivity index (χ4v) is 1.94. The fraction of sp³-hybridized carbons (Fsp3) is 0.294. The molecule has 3 nitrogen and oxygen atoms in total. The average Bonchev–Trinajstić information content (AvgIpc) is 2.48. The monoisotopic (exact) mass is 271 g/mol. The van der Waals surface area contributed by atoms with Crippen molar-refractivity contribution in [1.29, 1.82) is 0 Å². The van der Waals surface area contributed by atoms with E-state index in [1.54, 1.807) is 0 Å². The first-order chi connectivity index (χ1) is 9.77. The van der Waals surface area contributed by atoms with Gasteiger partial charge in [0.2, 0.25) is 0 Å². The molecule has 0 aliphatic rings. The standard InChI is InChI=1S/C17H21NO2/c1-14(18)16-10-5-6-11-17(16)20-13-7-12-19-15-8-3-2-4-9-15/h2-6,8-11,14H,7,12-13,18H2,1H3/t14-/m1/s1. The van der Waals surface area contributed by atoms with Crippen molar-refractivity contribution in [2.45, 2.75) is 19.4 Å². The van der Waals surface area contributed by atoms with Crippen molar-refractivity contribution in [2.75, 3.05) is 13.2 Å². The van der Waals surface area contributed by atoms with E-state index < -0.39 is 0 Å². The number of hydrogen-bond donors (Lipinski definition) is 1. The van der Waals surface area contributed by atoms with Crippen molar-refractivity contribution in [3.63, 3.8) is 0 Å². The van der Waals surface area contributed by atoms with Crippen molar-refractivity contribution in [1.82, 2.24) is 0 Å². The highest BCUT2D eigenvalue weighted by molar-refractivity contribution is 5.35. The molecule has 0 saturated carbocycles. The number of nitrogens with two attached hydrogens (primary N) is 1. The number of ether oxygens (including phenoxy) is 2. The van der Waals surface area contributed by atoms with Gasteiger partial charge in [0, 0.05) is 18.0 Å². The number of para-hydroxylation sites is 2. The van der Waals surface area contributed by atoms with E-state index in [0.29, 0.717) is 13.2 Å². The van der Waals surface area contributed by atoms with Gasteiger partial charge in [-0.05, 0) is 25.1 Å². The maximum absolute atomic E-state index is 5.92. The molecule has 3 heteroatoms. The van der Waals surface area contributed by atoms with Crippen LogP contribution in [0.4, 0.5) is 0 Å². The van der Waals surface area contributed by atoms with Crippen LogP contribution in [-0.2, 0) is 0 Å². The molecule has 20 heavy (non-hydrogen) atoms. The van der Waals surface area contributed by atoms with Crippen LogP contribution in [0.5, 0.6) is 11.5 Å². The molecule has 0 aliphatic carbocycles. The second kappa shape index (κ2) is 7.56. The van der Waals surface area contributed by atoms with E-state index in [4.69, 9.17) is 15.2 Å². The lowest BCUT2D eigenvalue weighted by molar-refractivity contribution is 0.245. The van der Waals surface area contributed by atoms with Crippen LogP contribution in [0.2, 0.25) is 0 Å². The normalized spacial score (nSPS) is 11.9. The van der Waals surface area contributed by atoms with Crippen LogP contribution in [0, 0.1) is 0 Å². The van der Waals surface area contributed by atoms with E-state index in [-0.39, 0.29) is 6.04 Å². The molecule has 0 saturated heterocycles. The van der Waals surface area contributed by atoms with E-state index in [1.165, 1.54) is 0 Å². The minimum atomic E-state index is -0.0215. The largest absolute Gasteiger partial charge is 0.493 e. The third kappa shape index (κ3) is 4.28. The molecule has 0 unspecified atom stereocenters. The fourth-order valence-electron chi connectivity index (χ4n) is 1.94. The molecule has 2 rings (SSSR count). The highest BCUT2D eigenvalue weighted by Gasteiger charge is 2.06. The van der Waals surface area contributed by atoms with Crippen LogP contribution >= 0.6 is 0 Å². The lowest BCUT2D eigenvalue weighted by Crippen LogP contribution is -2.10. The third-order valence-electron chi connectivity index (χ3n) is 2.97. The molecule has 0 aliphatic heterocycles. The van der Waals surface area contributed by atoms with Gasteiger partial charge in [-0.2, -0.15) is 0 Å². The summed E-state index contributed by atoms with van der Waals surface area (Å²) in [6, 6.07) is 17.7. The van der Waals surface area contributed by atoms with E-state index in [2.05, 4.69) is 0 Å². The van der Waals surface area contributed by atoms with E-state index in [0.717, 1.165) is 23.5 Å². The smallest absolute Gasteiger partial charge is 0.124 e. The lowest BCUT2D eigenvalue weighted by atomic mass is 10.1. The van der Waals surface area contributed by atoms with Crippen molar-refractivity contribution < 1.29 is 9.47 Å². The van der Waals surface area contributed by atoms with Gasteiger partial charge < -0.3 is 15.2 Å². The van der Waals surface area contributed by atoms with Gasteiger partial charge in [0.05, 0.1) is 13.2 Å². The highest BCUT2D eigenvalue weighted by Crippen LogP contribution is 2.23. The zero-order valence-corrected chi connectivity index (χ0v) is 11.8. The molecule has 2 aromatic carbocycles. The van der Waals surface area contributed by atoms with E-state index in [9.17, 15) is 0 Å². The van der Waals surface area contributed by atoms with Crippen molar-refractivity contribution in [3.05, 3.63) is 60.2 Å². The summed E-state index contributed by atoms with van der Waals surface area (Å²) in [4.78, 5) is 0. The Balaban J connectivity index is 1.74. The maximum atomic E-state index is 5.92. The molecule has 0 heterocycles. The zero-order chi connectivity index (χ0) is 14.2. The summed E-state index contributed by atoms with van der Waals surface area (Å²) >= 11 is 0. The number of benzene rings is 2. The summed E-state index contributed by atoms with van der Waals surface area (Å²) in [5, 5.41) is 0. The summed E-state index contributed by atoms with van der Waals surface area (Å²) in [6.45, 7) is 3.22. The van der Waals surface area contributed by atoms with Gasteiger partial charge in [-0.15, -0.1) is 0 Å². The Bertz CT molecular complexity index is 511. The third-order valence-corrected chi connectivity index (χ3v) is 2.97. The molecule has 0 amide bonds. The summed E-state index contributed by atoms with van der Waals surface area (Å²) in [5.74, 6) is 1.76. The molecule has 2 aromatic rings. The van der Waals surface area contributed by atoms with Gasteiger partial charge in [0.25, 0.3) is 0 Å². The van der Waals surface area contributed by atoms with Crippen LogP contribution < -0.4 is 15.2 Å². The van der Waals surface area contributed by atoms with Crippen LogP contribution in [0.3, 0.4) is 0 Å². The van der Waals surface area contributed by atoms with Crippen LogP contribution in [0.25, 0.3) is 0 Å². The SMILES string of the molecule is C[C@@H](N)c1ccccc1OCCCOc1ccccc1. The second-order valence-electron chi connectivity index (χ2n) is 4.69. The predicted octanol–water partition coefficient (Wildman–Crippen LogP) is 3.55. The number of hydrogen-bond acceptors (Lipinski definition) is 3. The molecule has 2 N–H and O–H groups in total. The van der Waals surface area contributed by atoms with Crippen molar-refractivity contribution in [3.8, 4) is 11.5 Å². The van der Waals surface area contributed by atoms with Gasteiger partial charge in [-0.3, -0.25) is 0 Å². The first kappa shape index (κ1) is 14.4. The topological polar surface area (TPSA) is 44.5 Å². The molecule has 0 radical (unpaired) electrons. The van der Waals surface area contributed by atoms with Gasteiger partial charge >= 0.3 is 0 Å². The minimum Gasteiger partial charge on any atom is -0.493 e. The Hall–Kier alpha value is -2.00. The molecule has 0 bridgehead atoms. The molecule has 1 atom stereocenters. The second-order valence-corrected chi connectivity index (χ2v) is 4.69. The number of rotatable bonds is 7. The molecule has 0 spiro atoms. The van der Waals surface area contributed by atoms with Crippen LogP contribution in [-0.4, -0.2) is 13.2 Å². The Morgan fingerprint density at radius 1 is 0.900 bits per heavy atom. The molecular weight excluding hydrogens is 250 g/mol. The van der Waals surface area contributed by atoms with E-state index >= 15 is 0 Å².